The lowest BCUT2D eigenvalue weighted by Gasteiger charge is -2.31. The molecule has 0 bridgehead atoms. The summed E-state index contributed by atoms with van der Waals surface area (Å²) in [5.41, 5.74) is 6.69. The van der Waals surface area contributed by atoms with Crippen LogP contribution in [0.2, 0.25) is 0 Å². The zero-order chi connectivity index (χ0) is 12.3. The summed E-state index contributed by atoms with van der Waals surface area (Å²) < 4.78 is 0. The number of nitrogen functional groups attached to an aromatic ring is 1. The van der Waals surface area contributed by atoms with E-state index in [-0.39, 0.29) is 0 Å². The third-order valence-corrected chi connectivity index (χ3v) is 4.49. The van der Waals surface area contributed by atoms with Gasteiger partial charge in [0.15, 0.2) is 0 Å². The van der Waals surface area contributed by atoms with Gasteiger partial charge < -0.3 is 11.1 Å². The summed E-state index contributed by atoms with van der Waals surface area (Å²) in [6, 6.07) is 0.506. The van der Waals surface area contributed by atoms with E-state index < -0.39 is 0 Å². The highest BCUT2D eigenvalue weighted by Crippen LogP contribution is 2.29. The summed E-state index contributed by atoms with van der Waals surface area (Å²) in [4.78, 5) is 8.27. The van der Waals surface area contributed by atoms with Gasteiger partial charge in [-0.15, -0.1) is 0 Å². The maximum absolute atomic E-state index is 5.63. The van der Waals surface area contributed by atoms with Gasteiger partial charge in [0, 0.05) is 23.1 Å². The number of aromatic nitrogens is 2. The first kappa shape index (κ1) is 12.5. The van der Waals surface area contributed by atoms with Gasteiger partial charge in [-0.2, -0.15) is 16.7 Å². The van der Waals surface area contributed by atoms with Crippen molar-refractivity contribution in [1.29, 1.82) is 0 Å². The fraction of sp³-hybridized carbons (Fsp3) is 0.667. The maximum Gasteiger partial charge on any atom is 0.221 e. The van der Waals surface area contributed by atoms with Crippen molar-refractivity contribution < 1.29 is 0 Å². The normalized spacial score (nSPS) is 24.6. The third-order valence-electron chi connectivity index (χ3n) is 3.32. The minimum Gasteiger partial charge on any atom is -0.368 e. The Morgan fingerprint density at radius 3 is 2.94 bits per heavy atom. The van der Waals surface area contributed by atoms with Crippen molar-refractivity contribution in [2.24, 2.45) is 0 Å². The van der Waals surface area contributed by atoms with Gasteiger partial charge in [-0.1, -0.05) is 12.8 Å². The SMILES string of the molecule is CSC1CCCCC1Nc1nc(N)ncc1C. The molecule has 2 atom stereocenters. The van der Waals surface area contributed by atoms with E-state index >= 15 is 0 Å². The predicted octanol–water partition coefficient (Wildman–Crippen LogP) is 2.45. The van der Waals surface area contributed by atoms with Crippen molar-refractivity contribution in [3.63, 3.8) is 0 Å². The van der Waals surface area contributed by atoms with Crippen LogP contribution in [0.3, 0.4) is 0 Å². The van der Waals surface area contributed by atoms with Crippen LogP contribution in [0.4, 0.5) is 11.8 Å². The fourth-order valence-electron chi connectivity index (χ4n) is 2.32. The van der Waals surface area contributed by atoms with Crippen LogP contribution in [0.5, 0.6) is 0 Å². The van der Waals surface area contributed by atoms with E-state index in [1.54, 1.807) is 6.20 Å². The van der Waals surface area contributed by atoms with Gasteiger partial charge in [0.2, 0.25) is 5.95 Å². The number of nitrogens with zero attached hydrogens (tertiary/aromatic N) is 2. The highest BCUT2D eigenvalue weighted by molar-refractivity contribution is 7.99. The molecule has 1 aliphatic carbocycles. The van der Waals surface area contributed by atoms with Crippen molar-refractivity contribution in [3.05, 3.63) is 11.8 Å². The topological polar surface area (TPSA) is 63.8 Å². The van der Waals surface area contributed by atoms with Crippen molar-refractivity contribution in [1.82, 2.24) is 9.97 Å². The predicted molar refractivity (Wildman–Crippen MR) is 74.4 cm³/mol. The number of hydrogen-bond acceptors (Lipinski definition) is 5. The Morgan fingerprint density at radius 1 is 1.41 bits per heavy atom. The Bertz CT molecular complexity index is 383. The maximum atomic E-state index is 5.63. The van der Waals surface area contributed by atoms with Gasteiger partial charge in [-0.25, -0.2) is 4.98 Å². The van der Waals surface area contributed by atoms with Gasteiger partial charge in [-0.05, 0) is 26.0 Å². The Hall–Kier alpha value is -0.970. The second-order valence-electron chi connectivity index (χ2n) is 4.57. The number of nitrogens with two attached hydrogens (primary N) is 1. The van der Waals surface area contributed by atoms with Crippen LogP contribution < -0.4 is 11.1 Å². The van der Waals surface area contributed by atoms with E-state index in [2.05, 4.69) is 21.5 Å². The molecule has 1 aromatic rings. The Balaban J connectivity index is 2.10. The van der Waals surface area contributed by atoms with E-state index in [9.17, 15) is 0 Å². The highest BCUT2D eigenvalue weighted by atomic mass is 32.2. The summed E-state index contributed by atoms with van der Waals surface area (Å²) in [7, 11) is 0. The summed E-state index contributed by atoms with van der Waals surface area (Å²) in [5.74, 6) is 1.23. The molecule has 2 unspecified atom stereocenters. The first-order valence-corrected chi connectivity index (χ1v) is 7.38. The average Bonchev–Trinajstić information content (AvgIpc) is 2.34. The van der Waals surface area contributed by atoms with E-state index in [1.165, 1.54) is 25.7 Å². The Labute approximate surface area is 107 Å². The van der Waals surface area contributed by atoms with E-state index in [1.807, 2.05) is 18.7 Å². The first-order chi connectivity index (χ1) is 8.20. The molecule has 2 rings (SSSR count). The lowest BCUT2D eigenvalue weighted by molar-refractivity contribution is 0.474. The first-order valence-electron chi connectivity index (χ1n) is 6.09. The molecule has 4 nitrogen and oxygen atoms in total. The molecule has 1 aromatic heterocycles. The van der Waals surface area contributed by atoms with Gasteiger partial charge in [0.05, 0.1) is 0 Å². The van der Waals surface area contributed by atoms with Crippen LogP contribution in [0.15, 0.2) is 6.20 Å². The molecule has 0 saturated heterocycles. The monoisotopic (exact) mass is 252 g/mol. The van der Waals surface area contributed by atoms with Crippen LogP contribution in [-0.2, 0) is 0 Å². The zero-order valence-electron chi connectivity index (χ0n) is 10.4. The zero-order valence-corrected chi connectivity index (χ0v) is 11.3. The number of nitrogens with one attached hydrogen (secondary N) is 1. The van der Waals surface area contributed by atoms with Crippen LogP contribution >= 0.6 is 11.8 Å². The van der Waals surface area contributed by atoms with Crippen molar-refractivity contribution in [2.45, 2.75) is 43.9 Å². The third kappa shape index (κ3) is 3.03. The molecule has 94 valence electrons. The van der Waals surface area contributed by atoms with E-state index in [0.29, 0.717) is 17.2 Å². The van der Waals surface area contributed by atoms with E-state index in [0.717, 1.165) is 11.4 Å². The molecule has 1 aliphatic rings. The summed E-state index contributed by atoms with van der Waals surface area (Å²) in [6.07, 6.45) is 9.11. The largest absolute Gasteiger partial charge is 0.368 e. The van der Waals surface area contributed by atoms with Crippen LogP contribution in [0.25, 0.3) is 0 Å². The molecular formula is C12H20N4S. The minimum absolute atomic E-state index is 0.342. The summed E-state index contributed by atoms with van der Waals surface area (Å²) in [5, 5.41) is 4.22. The number of hydrogen-bond donors (Lipinski definition) is 2. The lowest BCUT2D eigenvalue weighted by atomic mass is 9.95. The number of aryl methyl sites for hydroxylation is 1. The van der Waals surface area contributed by atoms with Gasteiger partial charge in [-0.3, -0.25) is 0 Å². The van der Waals surface area contributed by atoms with Gasteiger partial charge >= 0.3 is 0 Å². The Kier molecular flexibility index (Phi) is 4.10. The highest BCUT2D eigenvalue weighted by Gasteiger charge is 2.24. The van der Waals surface area contributed by atoms with Crippen LogP contribution in [-0.4, -0.2) is 27.5 Å². The molecule has 0 spiro atoms. The number of anilines is 2. The average molecular weight is 252 g/mol. The quantitative estimate of drug-likeness (QED) is 0.865. The van der Waals surface area contributed by atoms with Gasteiger partial charge in [0.1, 0.15) is 5.82 Å². The summed E-state index contributed by atoms with van der Waals surface area (Å²) >= 11 is 1.95. The number of rotatable bonds is 3. The van der Waals surface area contributed by atoms with Crippen molar-refractivity contribution in [2.75, 3.05) is 17.3 Å². The standard InChI is InChI=1S/C12H20N4S/c1-8-7-14-12(13)16-11(8)15-9-5-3-4-6-10(9)17-2/h7,9-10H,3-6H2,1-2H3,(H3,13,14,15,16). The van der Waals surface area contributed by atoms with Crippen LogP contribution in [0, 0.1) is 6.92 Å². The fourth-order valence-corrected chi connectivity index (χ4v) is 3.26. The van der Waals surface area contributed by atoms with Crippen molar-refractivity contribution in [3.8, 4) is 0 Å². The molecule has 3 N–H and O–H groups in total. The molecule has 1 fully saturated rings. The molecule has 1 saturated carbocycles. The van der Waals surface area contributed by atoms with Crippen molar-refractivity contribution >= 4 is 23.5 Å². The molecular weight excluding hydrogens is 232 g/mol. The molecule has 17 heavy (non-hydrogen) atoms. The Morgan fingerprint density at radius 2 is 2.18 bits per heavy atom. The lowest BCUT2D eigenvalue weighted by Crippen LogP contribution is -2.34. The molecule has 5 heteroatoms. The van der Waals surface area contributed by atoms with Crippen LogP contribution in [0.1, 0.15) is 31.2 Å². The summed E-state index contributed by atoms with van der Waals surface area (Å²) in [6.45, 7) is 2.01. The smallest absolute Gasteiger partial charge is 0.221 e. The molecule has 0 aromatic carbocycles. The van der Waals surface area contributed by atoms with Gasteiger partial charge in [0.25, 0.3) is 0 Å². The number of thioether (sulfide) groups is 1. The molecule has 0 radical (unpaired) electrons. The molecule has 0 amide bonds. The molecule has 0 aliphatic heterocycles. The second-order valence-corrected chi connectivity index (χ2v) is 5.65. The molecule has 1 heterocycles. The minimum atomic E-state index is 0.342. The van der Waals surface area contributed by atoms with E-state index in [4.69, 9.17) is 5.73 Å². The second kappa shape index (κ2) is 5.58.